The molecule has 0 aliphatic carbocycles. The van der Waals surface area contributed by atoms with Gasteiger partial charge in [0.1, 0.15) is 0 Å². The highest BCUT2D eigenvalue weighted by Gasteiger charge is 2.16. The number of carboxylic acid groups (broad SMARTS) is 1. The number of hydrogen-bond donors (Lipinski definition) is 1. The van der Waals surface area contributed by atoms with Crippen LogP contribution in [0.1, 0.15) is 12.5 Å². The van der Waals surface area contributed by atoms with Gasteiger partial charge in [0.25, 0.3) is 0 Å². The van der Waals surface area contributed by atoms with Crippen LogP contribution in [0.25, 0.3) is 0 Å². The van der Waals surface area contributed by atoms with Gasteiger partial charge in [0.15, 0.2) is 17.3 Å². The second-order valence-electron chi connectivity index (χ2n) is 3.76. The normalized spacial score (nSPS) is 12.0. The molecule has 0 unspecified atom stereocenters. The highest BCUT2D eigenvalue weighted by molar-refractivity contribution is 5.70. The molecule has 0 heterocycles. The third-order valence-corrected chi connectivity index (χ3v) is 2.46. The summed E-state index contributed by atoms with van der Waals surface area (Å²) in [4.78, 5) is 10.7. The van der Waals surface area contributed by atoms with Gasteiger partial charge in [0.05, 0.1) is 20.1 Å². The van der Waals surface area contributed by atoms with E-state index in [2.05, 4.69) is 0 Å². The van der Waals surface area contributed by atoms with E-state index < -0.39 is 17.7 Å². The summed E-state index contributed by atoms with van der Waals surface area (Å²) in [6.45, 7) is 1.57. The zero-order valence-corrected chi connectivity index (χ0v) is 9.99. The molecule has 0 amide bonds. The molecular formula is C12H15FO4. The minimum absolute atomic E-state index is 0.0271. The Labute approximate surface area is 99.0 Å². The minimum Gasteiger partial charge on any atom is -0.493 e. The molecular weight excluding hydrogens is 227 g/mol. The van der Waals surface area contributed by atoms with Gasteiger partial charge >= 0.3 is 5.97 Å². The fourth-order valence-corrected chi connectivity index (χ4v) is 1.53. The molecule has 0 aliphatic heterocycles. The van der Waals surface area contributed by atoms with Crippen molar-refractivity contribution < 1.29 is 23.8 Å². The Morgan fingerprint density at radius 3 is 2.53 bits per heavy atom. The smallest absolute Gasteiger partial charge is 0.306 e. The predicted octanol–water partition coefficient (Wildman–Crippen LogP) is 2.11. The Morgan fingerprint density at radius 2 is 2.06 bits per heavy atom. The maximum Gasteiger partial charge on any atom is 0.306 e. The Balaban J connectivity index is 3.03. The lowest BCUT2D eigenvalue weighted by Gasteiger charge is -2.12. The molecule has 1 aromatic carbocycles. The summed E-state index contributed by atoms with van der Waals surface area (Å²) in [6.07, 6.45) is 0.243. The van der Waals surface area contributed by atoms with E-state index in [-0.39, 0.29) is 17.9 Å². The number of methoxy groups -OCH3 is 2. The van der Waals surface area contributed by atoms with E-state index in [1.54, 1.807) is 13.0 Å². The van der Waals surface area contributed by atoms with Crippen LogP contribution in [0.15, 0.2) is 12.1 Å². The number of carbonyl (C=O) groups is 1. The average molecular weight is 242 g/mol. The Bertz CT molecular complexity index is 417. The van der Waals surface area contributed by atoms with Crippen LogP contribution in [0, 0.1) is 11.7 Å². The van der Waals surface area contributed by atoms with Gasteiger partial charge in [-0.15, -0.1) is 0 Å². The van der Waals surface area contributed by atoms with E-state index >= 15 is 0 Å². The van der Waals surface area contributed by atoms with Gasteiger partial charge in [-0.3, -0.25) is 4.79 Å². The third kappa shape index (κ3) is 3.09. The van der Waals surface area contributed by atoms with Gasteiger partial charge in [0, 0.05) is 0 Å². The first-order valence-electron chi connectivity index (χ1n) is 5.12. The van der Waals surface area contributed by atoms with Crippen LogP contribution in [0.3, 0.4) is 0 Å². The van der Waals surface area contributed by atoms with Crippen molar-refractivity contribution in [3.8, 4) is 11.5 Å². The molecule has 0 aliphatic rings. The second kappa shape index (κ2) is 5.52. The summed E-state index contributed by atoms with van der Waals surface area (Å²) in [5.74, 6) is -1.76. The quantitative estimate of drug-likeness (QED) is 0.859. The molecule has 0 radical (unpaired) electrons. The standard InChI is InChI=1S/C12H15FO4/c1-7(12(14)15)4-8-5-9(13)11(17-3)10(6-8)16-2/h5-7H,4H2,1-3H3,(H,14,15)/t7-/m1/s1. The van der Waals surface area contributed by atoms with Crippen LogP contribution in [-0.2, 0) is 11.2 Å². The van der Waals surface area contributed by atoms with Crippen molar-refractivity contribution in [1.29, 1.82) is 0 Å². The monoisotopic (exact) mass is 242 g/mol. The average Bonchev–Trinajstić information content (AvgIpc) is 2.27. The van der Waals surface area contributed by atoms with Crippen LogP contribution in [0.4, 0.5) is 4.39 Å². The van der Waals surface area contributed by atoms with E-state index in [1.807, 2.05) is 0 Å². The SMILES string of the molecule is COc1cc(C[C@@H](C)C(=O)O)cc(F)c1OC. The van der Waals surface area contributed by atoms with E-state index in [4.69, 9.17) is 14.6 Å². The molecule has 94 valence electrons. The lowest BCUT2D eigenvalue weighted by molar-refractivity contribution is -0.141. The first kappa shape index (κ1) is 13.3. The summed E-state index contributed by atoms with van der Waals surface area (Å²) in [5, 5.41) is 8.79. The second-order valence-corrected chi connectivity index (χ2v) is 3.76. The highest BCUT2D eigenvalue weighted by Crippen LogP contribution is 2.32. The van der Waals surface area contributed by atoms with Crippen molar-refractivity contribution in [3.05, 3.63) is 23.5 Å². The summed E-state index contributed by atoms with van der Waals surface area (Å²) in [6, 6.07) is 2.85. The number of benzene rings is 1. The first-order chi connectivity index (χ1) is 7.99. The van der Waals surface area contributed by atoms with Crippen molar-refractivity contribution in [2.45, 2.75) is 13.3 Å². The molecule has 1 atom stereocenters. The molecule has 1 aromatic rings. The van der Waals surface area contributed by atoms with Crippen LogP contribution >= 0.6 is 0 Å². The van der Waals surface area contributed by atoms with Crippen molar-refractivity contribution in [2.75, 3.05) is 14.2 Å². The first-order valence-corrected chi connectivity index (χ1v) is 5.12. The molecule has 0 fully saturated rings. The number of halogens is 1. The molecule has 17 heavy (non-hydrogen) atoms. The topological polar surface area (TPSA) is 55.8 Å². The molecule has 5 heteroatoms. The number of aliphatic carboxylic acids is 1. The van der Waals surface area contributed by atoms with Gasteiger partial charge in [-0.25, -0.2) is 4.39 Å². The van der Waals surface area contributed by atoms with E-state index in [0.717, 1.165) is 0 Å². The molecule has 1 rings (SSSR count). The van der Waals surface area contributed by atoms with Gasteiger partial charge in [-0.1, -0.05) is 6.92 Å². The maximum absolute atomic E-state index is 13.6. The number of carboxylic acids is 1. The fourth-order valence-electron chi connectivity index (χ4n) is 1.53. The van der Waals surface area contributed by atoms with Crippen molar-refractivity contribution in [3.63, 3.8) is 0 Å². The molecule has 0 bridgehead atoms. The van der Waals surface area contributed by atoms with Crippen LogP contribution in [-0.4, -0.2) is 25.3 Å². The number of hydrogen-bond acceptors (Lipinski definition) is 3. The summed E-state index contributed by atoms with van der Waals surface area (Å²) < 4.78 is 23.4. The highest BCUT2D eigenvalue weighted by atomic mass is 19.1. The number of rotatable bonds is 5. The van der Waals surface area contributed by atoms with Crippen LogP contribution in [0.2, 0.25) is 0 Å². The van der Waals surface area contributed by atoms with E-state index in [1.165, 1.54) is 20.3 Å². The molecule has 4 nitrogen and oxygen atoms in total. The lowest BCUT2D eigenvalue weighted by Crippen LogP contribution is -2.12. The van der Waals surface area contributed by atoms with Crippen molar-refractivity contribution in [1.82, 2.24) is 0 Å². The molecule has 1 N–H and O–H groups in total. The van der Waals surface area contributed by atoms with Crippen molar-refractivity contribution in [2.24, 2.45) is 5.92 Å². The lowest BCUT2D eigenvalue weighted by atomic mass is 10.0. The Hall–Kier alpha value is -1.78. The number of ether oxygens (including phenoxy) is 2. The summed E-state index contributed by atoms with van der Waals surface area (Å²) >= 11 is 0. The molecule has 0 aromatic heterocycles. The maximum atomic E-state index is 13.6. The summed E-state index contributed by atoms with van der Waals surface area (Å²) in [7, 11) is 2.75. The molecule has 0 saturated heterocycles. The van der Waals surface area contributed by atoms with Crippen molar-refractivity contribution >= 4 is 5.97 Å². The predicted molar refractivity (Wildman–Crippen MR) is 60.0 cm³/mol. The van der Waals surface area contributed by atoms with E-state index in [0.29, 0.717) is 5.56 Å². The van der Waals surface area contributed by atoms with Gasteiger partial charge in [-0.2, -0.15) is 0 Å². The Kier molecular flexibility index (Phi) is 4.31. The largest absolute Gasteiger partial charge is 0.493 e. The van der Waals surface area contributed by atoms with Crippen LogP contribution < -0.4 is 9.47 Å². The Morgan fingerprint density at radius 1 is 1.41 bits per heavy atom. The third-order valence-electron chi connectivity index (χ3n) is 2.46. The molecule has 0 spiro atoms. The van der Waals surface area contributed by atoms with Crippen LogP contribution in [0.5, 0.6) is 11.5 Å². The zero-order chi connectivity index (χ0) is 13.0. The summed E-state index contributed by atoms with van der Waals surface area (Å²) in [5.41, 5.74) is 0.565. The van der Waals surface area contributed by atoms with Gasteiger partial charge in [0.2, 0.25) is 0 Å². The minimum atomic E-state index is -0.916. The molecule has 0 saturated carbocycles. The zero-order valence-electron chi connectivity index (χ0n) is 9.99. The fraction of sp³-hybridized carbons (Fsp3) is 0.417. The van der Waals surface area contributed by atoms with E-state index in [9.17, 15) is 9.18 Å². The van der Waals surface area contributed by atoms with Gasteiger partial charge in [-0.05, 0) is 24.1 Å². The van der Waals surface area contributed by atoms with Gasteiger partial charge < -0.3 is 14.6 Å².